The number of para-hydroxylation sites is 1. The second-order valence-electron chi connectivity index (χ2n) is 7.80. The monoisotopic (exact) mass is 447 g/mol. The Morgan fingerprint density at radius 3 is 2.48 bits per heavy atom. The molecule has 9 nitrogen and oxygen atoms in total. The summed E-state index contributed by atoms with van der Waals surface area (Å²) in [6.45, 7) is 1.92. The quantitative estimate of drug-likeness (QED) is 0.452. The average molecular weight is 447 g/mol. The molecular weight excluding hydrogens is 422 g/mol. The lowest BCUT2D eigenvalue weighted by atomic mass is 10.1. The highest BCUT2D eigenvalue weighted by Crippen LogP contribution is 2.33. The van der Waals surface area contributed by atoms with Crippen LogP contribution in [-0.2, 0) is 4.79 Å². The van der Waals surface area contributed by atoms with E-state index in [1.807, 2.05) is 42.5 Å². The fourth-order valence-corrected chi connectivity index (χ4v) is 3.96. The van der Waals surface area contributed by atoms with E-state index >= 15 is 0 Å². The van der Waals surface area contributed by atoms with Crippen molar-refractivity contribution < 1.29 is 19.4 Å². The minimum atomic E-state index is -0.974. The summed E-state index contributed by atoms with van der Waals surface area (Å²) in [6, 6.07) is 16.6. The van der Waals surface area contributed by atoms with E-state index in [2.05, 4.69) is 10.00 Å². The maximum absolute atomic E-state index is 12.2. The highest BCUT2D eigenvalue weighted by atomic mass is 16.5. The van der Waals surface area contributed by atoms with Crippen LogP contribution in [0.4, 0.5) is 5.82 Å². The molecular formula is C24H25N5O4. The molecule has 3 aromatic rings. The molecule has 0 saturated carbocycles. The Balaban J connectivity index is 1.55. The maximum Gasteiger partial charge on any atom is 0.328 e. The van der Waals surface area contributed by atoms with Crippen LogP contribution in [0.15, 0.2) is 66.7 Å². The van der Waals surface area contributed by atoms with E-state index in [0.717, 1.165) is 24.8 Å². The van der Waals surface area contributed by atoms with Crippen LogP contribution < -0.4 is 16.2 Å². The number of hydrogen-bond acceptors (Lipinski definition) is 6. The average Bonchev–Trinajstić information content (AvgIpc) is 3.39. The highest BCUT2D eigenvalue weighted by molar-refractivity contribution is 6.03. The number of rotatable bonds is 8. The SMILES string of the molecule is NC(=O)c1c(-c2ccc(Oc3ccccc3)cc2)nn([C@@H]2CCN(C/C=C/C(=O)O)C2)c1N. The number of carbonyl (C=O) groups excluding carboxylic acids is 1. The zero-order valence-corrected chi connectivity index (χ0v) is 17.9. The van der Waals surface area contributed by atoms with E-state index < -0.39 is 11.9 Å². The lowest BCUT2D eigenvalue weighted by molar-refractivity contribution is -0.131. The van der Waals surface area contributed by atoms with Crippen molar-refractivity contribution in [2.24, 2.45) is 5.73 Å². The van der Waals surface area contributed by atoms with Crippen LogP contribution in [0.25, 0.3) is 11.3 Å². The summed E-state index contributed by atoms with van der Waals surface area (Å²) in [7, 11) is 0. The van der Waals surface area contributed by atoms with Crippen LogP contribution in [-0.4, -0.2) is 51.3 Å². The summed E-state index contributed by atoms with van der Waals surface area (Å²) in [4.78, 5) is 25.0. The summed E-state index contributed by atoms with van der Waals surface area (Å²) in [5.74, 6) is -0.00921. The molecule has 5 N–H and O–H groups in total. The van der Waals surface area contributed by atoms with E-state index in [4.69, 9.17) is 21.3 Å². The fraction of sp³-hybridized carbons (Fsp3) is 0.208. The van der Waals surface area contributed by atoms with Crippen LogP contribution in [0.1, 0.15) is 22.8 Å². The number of aromatic nitrogens is 2. The van der Waals surface area contributed by atoms with E-state index in [0.29, 0.717) is 30.1 Å². The number of benzene rings is 2. The summed E-state index contributed by atoms with van der Waals surface area (Å²) in [6.07, 6.45) is 3.51. The lowest BCUT2D eigenvalue weighted by Crippen LogP contribution is -2.23. The third kappa shape index (κ3) is 5.04. The number of amides is 1. The van der Waals surface area contributed by atoms with Crippen molar-refractivity contribution in [2.75, 3.05) is 25.4 Å². The Morgan fingerprint density at radius 2 is 1.82 bits per heavy atom. The number of nitrogens with zero attached hydrogens (tertiary/aromatic N) is 3. The zero-order chi connectivity index (χ0) is 23.4. The van der Waals surface area contributed by atoms with Crippen molar-refractivity contribution in [1.29, 1.82) is 0 Å². The molecule has 0 radical (unpaired) electrons. The zero-order valence-electron chi connectivity index (χ0n) is 17.9. The third-order valence-corrected chi connectivity index (χ3v) is 5.52. The number of aliphatic carboxylic acids is 1. The molecule has 170 valence electrons. The van der Waals surface area contributed by atoms with Crippen molar-refractivity contribution in [3.63, 3.8) is 0 Å². The maximum atomic E-state index is 12.2. The first-order valence-electron chi connectivity index (χ1n) is 10.6. The van der Waals surface area contributed by atoms with Gasteiger partial charge in [0.1, 0.15) is 28.6 Å². The van der Waals surface area contributed by atoms with Gasteiger partial charge in [-0.1, -0.05) is 24.3 Å². The third-order valence-electron chi connectivity index (χ3n) is 5.52. The van der Waals surface area contributed by atoms with E-state index in [-0.39, 0.29) is 17.4 Å². The first kappa shape index (κ1) is 22.1. The molecule has 1 fully saturated rings. The molecule has 9 heteroatoms. The largest absolute Gasteiger partial charge is 0.478 e. The minimum Gasteiger partial charge on any atom is -0.478 e. The number of carbonyl (C=O) groups is 2. The summed E-state index contributed by atoms with van der Waals surface area (Å²) >= 11 is 0. The molecule has 1 aliphatic rings. The Labute approximate surface area is 190 Å². The van der Waals surface area contributed by atoms with Crippen molar-refractivity contribution >= 4 is 17.7 Å². The van der Waals surface area contributed by atoms with Crippen molar-refractivity contribution in [3.05, 3.63) is 72.3 Å². The van der Waals surface area contributed by atoms with Gasteiger partial charge in [-0.15, -0.1) is 0 Å². The molecule has 1 atom stereocenters. The normalized spacial score (nSPS) is 16.3. The van der Waals surface area contributed by atoms with Gasteiger partial charge in [-0.05, 0) is 42.8 Å². The summed E-state index contributed by atoms with van der Waals surface area (Å²) in [5.41, 5.74) is 13.3. The number of carboxylic acid groups (broad SMARTS) is 1. The Morgan fingerprint density at radius 1 is 1.12 bits per heavy atom. The van der Waals surface area contributed by atoms with Crippen LogP contribution in [0.5, 0.6) is 11.5 Å². The molecule has 2 aromatic carbocycles. The molecule has 0 unspecified atom stereocenters. The number of hydrogen-bond donors (Lipinski definition) is 3. The minimum absolute atomic E-state index is 0.0456. The van der Waals surface area contributed by atoms with Crippen molar-refractivity contribution in [1.82, 2.24) is 14.7 Å². The van der Waals surface area contributed by atoms with Gasteiger partial charge >= 0.3 is 5.97 Å². The number of nitrogen functional groups attached to an aromatic ring is 1. The smallest absolute Gasteiger partial charge is 0.328 e. The van der Waals surface area contributed by atoms with E-state index in [9.17, 15) is 9.59 Å². The van der Waals surface area contributed by atoms with Gasteiger partial charge in [0, 0.05) is 31.3 Å². The Kier molecular flexibility index (Phi) is 6.41. The van der Waals surface area contributed by atoms with Crippen LogP contribution in [0, 0.1) is 0 Å². The second-order valence-corrected chi connectivity index (χ2v) is 7.80. The van der Waals surface area contributed by atoms with Gasteiger partial charge in [-0.3, -0.25) is 9.69 Å². The topological polar surface area (TPSA) is 137 Å². The standard InChI is InChI=1S/C24H25N5O4/c25-23-21(24(26)32)22(16-8-10-19(11-9-16)33-18-5-2-1-3-6-18)27-29(23)17-12-14-28(15-17)13-4-7-20(30)31/h1-11,17H,12-15,25H2,(H2,26,32)(H,30,31)/b7-4+/t17-/m1/s1. The van der Waals surface area contributed by atoms with Gasteiger partial charge in [0.05, 0.1) is 6.04 Å². The van der Waals surface area contributed by atoms with Crippen LogP contribution in [0.3, 0.4) is 0 Å². The molecule has 2 heterocycles. The second kappa shape index (κ2) is 9.58. The van der Waals surface area contributed by atoms with Crippen molar-refractivity contribution in [3.8, 4) is 22.8 Å². The molecule has 0 bridgehead atoms. The summed E-state index contributed by atoms with van der Waals surface area (Å²) in [5, 5.41) is 13.4. The van der Waals surface area contributed by atoms with Gasteiger partial charge in [0.15, 0.2) is 0 Å². The first-order chi connectivity index (χ1) is 15.9. The molecule has 1 aliphatic heterocycles. The van der Waals surface area contributed by atoms with Gasteiger partial charge in [-0.25, -0.2) is 9.48 Å². The molecule has 0 spiro atoms. The summed E-state index contributed by atoms with van der Waals surface area (Å²) < 4.78 is 7.48. The van der Waals surface area contributed by atoms with Crippen LogP contribution >= 0.6 is 0 Å². The molecule has 33 heavy (non-hydrogen) atoms. The fourth-order valence-electron chi connectivity index (χ4n) is 3.96. The first-order valence-corrected chi connectivity index (χ1v) is 10.6. The molecule has 0 aliphatic carbocycles. The van der Waals surface area contributed by atoms with Gasteiger partial charge < -0.3 is 21.3 Å². The molecule has 1 saturated heterocycles. The predicted octanol–water partition coefficient (Wildman–Crippen LogP) is 2.91. The molecule has 4 rings (SSSR count). The Bertz CT molecular complexity index is 1170. The lowest BCUT2D eigenvalue weighted by Gasteiger charge is -2.15. The van der Waals surface area contributed by atoms with Gasteiger partial charge in [-0.2, -0.15) is 5.10 Å². The van der Waals surface area contributed by atoms with Gasteiger partial charge in [0.2, 0.25) is 0 Å². The number of carboxylic acids is 1. The van der Waals surface area contributed by atoms with Crippen LogP contribution in [0.2, 0.25) is 0 Å². The van der Waals surface area contributed by atoms with Crippen molar-refractivity contribution in [2.45, 2.75) is 12.5 Å². The van der Waals surface area contributed by atoms with E-state index in [1.54, 1.807) is 22.9 Å². The molecule has 1 amide bonds. The number of likely N-dealkylation sites (tertiary alicyclic amines) is 1. The number of primary amides is 1. The van der Waals surface area contributed by atoms with Gasteiger partial charge in [0.25, 0.3) is 5.91 Å². The Hall–Kier alpha value is -4.11. The molecule has 1 aromatic heterocycles. The highest BCUT2D eigenvalue weighted by Gasteiger charge is 2.29. The predicted molar refractivity (Wildman–Crippen MR) is 124 cm³/mol. The number of anilines is 1. The van der Waals surface area contributed by atoms with E-state index in [1.165, 1.54) is 0 Å². The number of nitrogens with two attached hydrogens (primary N) is 2. The number of ether oxygens (including phenoxy) is 1.